The maximum atomic E-state index is 13.5. The summed E-state index contributed by atoms with van der Waals surface area (Å²) in [6, 6.07) is 27.5. The summed E-state index contributed by atoms with van der Waals surface area (Å²) < 4.78 is 66.8. The molecule has 0 radical (unpaired) electrons. The average Bonchev–Trinajstić information content (AvgIpc) is 3.54. The van der Waals surface area contributed by atoms with E-state index in [4.69, 9.17) is 32.7 Å². The van der Waals surface area contributed by atoms with E-state index in [9.17, 15) is 13.0 Å². The van der Waals surface area contributed by atoms with Gasteiger partial charge in [0, 0.05) is 0 Å². The Morgan fingerprint density at radius 1 is 0.827 bits per heavy atom. The van der Waals surface area contributed by atoms with Crippen LogP contribution < -0.4 is 10.1 Å². The fourth-order valence-electron chi connectivity index (χ4n) is 5.99. The van der Waals surface area contributed by atoms with Crippen molar-refractivity contribution in [3.8, 4) is 5.75 Å². The van der Waals surface area contributed by atoms with Gasteiger partial charge in [-0.15, -0.1) is 0 Å². The number of nitrogens with one attached hydrogen (secondary N) is 1. The van der Waals surface area contributed by atoms with E-state index in [1.165, 1.54) is 6.33 Å². The van der Waals surface area contributed by atoms with Crippen LogP contribution in [0.2, 0.25) is 0 Å². The fourth-order valence-corrected chi connectivity index (χ4v) is 8.17. The van der Waals surface area contributed by atoms with Crippen molar-refractivity contribution < 1.29 is 35.7 Å². The molecule has 1 N–H and O–H groups in total. The highest BCUT2D eigenvalue weighted by atomic mass is 32.2. The van der Waals surface area contributed by atoms with Crippen LogP contribution in [0.3, 0.4) is 0 Å². The highest BCUT2D eigenvalue weighted by Crippen LogP contribution is 2.50. The summed E-state index contributed by atoms with van der Waals surface area (Å²) >= 11 is 0. The van der Waals surface area contributed by atoms with Crippen molar-refractivity contribution in [1.29, 1.82) is 0 Å². The number of nitrogens with zero attached hydrogens (tertiary/aromatic N) is 4. The van der Waals surface area contributed by atoms with Gasteiger partial charge in [-0.25, -0.2) is 15.0 Å². The van der Waals surface area contributed by atoms with Gasteiger partial charge >= 0.3 is 7.60 Å². The minimum Gasteiger partial charge on any atom is -0.497 e. The van der Waals surface area contributed by atoms with Gasteiger partial charge in [0.05, 0.1) is 51.2 Å². The van der Waals surface area contributed by atoms with E-state index in [2.05, 4.69) is 34.6 Å². The number of methoxy groups -OCH3 is 1. The molecule has 0 spiro atoms. The summed E-state index contributed by atoms with van der Waals surface area (Å²) in [5.41, 5.74) is 2.85. The lowest BCUT2D eigenvalue weighted by Gasteiger charge is -2.37. The molecule has 2 heterocycles. The van der Waals surface area contributed by atoms with E-state index >= 15 is 0 Å². The number of anilines is 1. The first-order valence-electron chi connectivity index (χ1n) is 16.9. The summed E-state index contributed by atoms with van der Waals surface area (Å²) in [5.74, 6) is 1.18. The second-order valence-corrected chi connectivity index (χ2v) is 16.3. The number of ether oxygens (including phenoxy) is 2. The van der Waals surface area contributed by atoms with Crippen LogP contribution in [0, 0.1) is 0 Å². The normalized spacial score (nSPS) is 13.2. The highest BCUT2D eigenvalue weighted by molar-refractivity contribution is 7.85. The van der Waals surface area contributed by atoms with Crippen LogP contribution in [0.4, 0.5) is 5.82 Å². The molecule has 0 fully saturated rings. The number of fused-ring (bicyclic) bond motifs is 1. The molecule has 1 atom stereocenters. The lowest BCUT2D eigenvalue weighted by atomic mass is 9.77. The van der Waals surface area contributed by atoms with Crippen molar-refractivity contribution in [3.05, 3.63) is 114 Å². The van der Waals surface area contributed by atoms with E-state index in [0.717, 1.165) is 28.7 Å². The molecule has 0 aliphatic rings. The first-order chi connectivity index (χ1) is 24.8. The lowest BCUT2D eigenvalue weighted by Crippen LogP contribution is -2.38. The predicted octanol–water partition coefficient (Wildman–Crippen LogP) is 7.16. The summed E-state index contributed by atoms with van der Waals surface area (Å²) in [6.07, 6.45) is 3.23. The second kappa shape index (κ2) is 17.1. The molecule has 0 saturated carbocycles. The number of imidazole rings is 1. The molecule has 1 unspecified atom stereocenters. The van der Waals surface area contributed by atoms with E-state index in [1.807, 2.05) is 60.7 Å². The van der Waals surface area contributed by atoms with Gasteiger partial charge in [0.1, 0.15) is 29.5 Å². The third-order valence-corrected chi connectivity index (χ3v) is 10.6. The minimum absolute atomic E-state index is 0.00205. The smallest absolute Gasteiger partial charge is 0.356 e. The second-order valence-electron chi connectivity index (χ2n) is 12.8. The highest BCUT2D eigenvalue weighted by Gasteiger charge is 2.38. The number of hydrogen-bond acceptors (Lipinski definition) is 12. The molecule has 0 saturated heterocycles. The van der Waals surface area contributed by atoms with E-state index in [-0.39, 0.29) is 38.2 Å². The maximum Gasteiger partial charge on any atom is 0.356 e. The number of aromatic nitrogens is 4. The molecular weight excluding hydrogens is 705 g/mol. The number of rotatable bonds is 19. The van der Waals surface area contributed by atoms with E-state index in [0.29, 0.717) is 17.0 Å². The van der Waals surface area contributed by atoms with Crippen LogP contribution in [0.1, 0.15) is 56.8 Å². The van der Waals surface area contributed by atoms with Crippen LogP contribution >= 0.6 is 7.60 Å². The molecule has 52 heavy (non-hydrogen) atoms. The van der Waals surface area contributed by atoms with Crippen LogP contribution in [-0.2, 0) is 38.2 Å². The van der Waals surface area contributed by atoms with Crippen molar-refractivity contribution in [3.63, 3.8) is 0 Å². The Morgan fingerprint density at radius 2 is 1.40 bits per heavy atom. The molecule has 278 valence electrons. The summed E-state index contributed by atoms with van der Waals surface area (Å²) in [5, 5.41) is 3.76. The third-order valence-electron chi connectivity index (χ3n) is 8.05. The Morgan fingerprint density at radius 3 is 1.94 bits per heavy atom. The van der Waals surface area contributed by atoms with Crippen molar-refractivity contribution in [2.24, 2.45) is 0 Å². The topological polar surface area (TPSA) is 153 Å². The summed E-state index contributed by atoms with van der Waals surface area (Å²) in [7, 11) is -5.68. The Kier molecular flexibility index (Phi) is 12.8. The van der Waals surface area contributed by atoms with Crippen molar-refractivity contribution in [2.45, 2.75) is 57.9 Å². The number of hydrogen-bond donors (Lipinski definition) is 1. The largest absolute Gasteiger partial charge is 0.497 e. The SMILES string of the molecule is COc1ccc(C(Nc2ncnc3c2ncn3C(CCOS(C)(=O)=O)COCP(=O)(OC(C)C)OC(C)C)(c2ccccc2)c2ccccc2)cc1. The standard InChI is InChI=1S/C37H46N5O8PS/c1-27(2)49-51(43,50-28(3)4)26-47-23-32(21-22-48-52(6,44)45)42-25-40-34-35(38-24-39-36(34)42)41-37(29-13-9-7-10-14-29,30-15-11-8-12-16-30)31-17-19-33(46-5)20-18-31/h7-20,24-25,27-28,32H,21-23,26H2,1-6H3,(H,38,39,41). The Balaban J connectivity index is 1.56. The molecule has 2 aromatic heterocycles. The lowest BCUT2D eigenvalue weighted by molar-refractivity contribution is 0.0820. The minimum atomic E-state index is -3.71. The molecule has 5 rings (SSSR count). The zero-order valence-corrected chi connectivity index (χ0v) is 31.9. The first-order valence-corrected chi connectivity index (χ1v) is 20.5. The Labute approximate surface area is 305 Å². The number of benzene rings is 3. The molecule has 3 aromatic carbocycles. The zero-order chi connectivity index (χ0) is 37.4. The molecule has 0 aliphatic carbocycles. The predicted molar refractivity (Wildman–Crippen MR) is 200 cm³/mol. The molecule has 5 aromatic rings. The monoisotopic (exact) mass is 751 g/mol. The zero-order valence-electron chi connectivity index (χ0n) is 30.2. The van der Waals surface area contributed by atoms with Gasteiger partial charge in [0.15, 0.2) is 11.5 Å². The summed E-state index contributed by atoms with van der Waals surface area (Å²) in [6.45, 7) is 6.94. The van der Waals surface area contributed by atoms with Crippen LogP contribution in [0.25, 0.3) is 11.2 Å². The van der Waals surface area contributed by atoms with Crippen molar-refractivity contribution >= 4 is 34.7 Å². The van der Waals surface area contributed by atoms with Crippen molar-refractivity contribution in [1.82, 2.24) is 19.5 Å². The first kappa shape index (κ1) is 39.0. The maximum absolute atomic E-state index is 13.5. The van der Waals surface area contributed by atoms with Gasteiger partial charge in [0.2, 0.25) is 0 Å². The Bertz CT molecular complexity index is 1990. The van der Waals surface area contributed by atoms with Gasteiger partial charge in [0.25, 0.3) is 10.1 Å². The van der Waals surface area contributed by atoms with Gasteiger partial charge in [-0.3, -0.25) is 8.75 Å². The average molecular weight is 752 g/mol. The van der Waals surface area contributed by atoms with Crippen molar-refractivity contribution in [2.75, 3.05) is 38.2 Å². The van der Waals surface area contributed by atoms with Gasteiger partial charge in [-0.05, 0) is 62.9 Å². The fraction of sp³-hybridized carbons (Fsp3) is 0.378. The van der Waals surface area contributed by atoms with Crippen LogP contribution in [-0.4, -0.2) is 73.1 Å². The van der Waals surface area contributed by atoms with E-state index < -0.39 is 29.3 Å². The molecule has 0 aliphatic heterocycles. The molecule has 0 bridgehead atoms. The molecule has 0 amide bonds. The van der Waals surface area contributed by atoms with Gasteiger partial charge < -0.3 is 28.4 Å². The van der Waals surface area contributed by atoms with Crippen LogP contribution in [0.15, 0.2) is 97.6 Å². The molecule has 13 nitrogen and oxygen atoms in total. The molecule has 15 heteroatoms. The van der Waals surface area contributed by atoms with Gasteiger partial charge in [-0.1, -0.05) is 72.8 Å². The molecular formula is C37H46N5O8PS. The Hall–Kier alpha value is -4.17. The van der Waals surface area contributed by atoms with Gasteiger partial charge in [-0.2, -0.15) is 8.42 Å². The third kappa shape index (κ3) is 9.62. The van der Waals surface area contributed by atoms with E-state index in [1.54, 1.807) is 45.7 Å². The quantitative estimate of drug-likeness (QED) is 0.0517. The summed E-state index contributed by atoms with van der Waals surface area (Å²) in [4.78, 5) is 14.1. The van der Waals surface area contributed by atoms with Crippen LogP contribution in [0.5, 0.6) is 5.75 Å².